The smallest absolute Gasteiger partial charge is 0.0722 e. The minimum atomic E-state index is -0.420. The molecule has 0 aliphatic heterocycles. The molecule has 3 unspecified atom stereocenters. The predicted molar refractivity (Wildman–Crippen MR) is 423 cm³/mol. The highest BCUT2D eigenvalue weighted by Gasteiger charge is 2.53. The van der Waals surface area contributed by atoms with Crippen LogP contribution in [0.3, 0.4) is 0 Å². The van der Waals surface area contributed by atoms with Crippen LogP contribution < -0.4 is 4.90 Å². The quantitative estimate of drug-likeness (QED) is 0.117. The average Bonchev–Trinajstić information content (AvgIpc) is 1.51. The van der Waals surface area contributed by atoms with Crippen LogP contribution in [-0.2, 0) is 17.3 Å². The summed E-state index contributed by atoms with van der Waals surface area (Å²) in [6.07, 6.45) is 9.03. The minimum absolute atomic E-state index is 0.0562. The van der Waals surface area contributed by atoms with Gasteiger partial charge >= 0.3 is 0 Å². The Morgan fingerprint density at radius 1 is 0.384 bits per heavy atom. The molecule has 12 aromatic carbocycles. The van der Waals surface area contributed by atoms with Crippen LogP contribution in [0.4, 0.5) is 17.1 Å². The van der Waals surface area contributed by atoms with Crippen LogP contribution in [0.2, 0.25) is 0 Å². The molecule has 0 saturated carbocycles. The highest BCUT2D eigenvalue weighted by atomic mass is 31.0. The van der Waals surface area contributed by atoms with E-state index in [1.165, 1.54) is 156 Å². The minimum Gasteiger partial charge on any atom is -0.313 e. The standard InChI is InChI=1S/C96H81N2P/c1-93(2,3)92(95(6,7)99)68-35-33-67(34-36-68)71-44-54-81-78-23-13-17-27-86(78)96(89(81)59-71)85-26-16-12-22-77(85)80-53-43-70(58-88(80)96)66-31-29-65(30-32-66)69-45-56-91-83(57-69)82-24-14-18-28-90(82)98(91)74-50-41-64(42-51-74)63-39-48-73(49-40-63)97(72-46-37-62(38-47-72)61-19-9-8-10-20-61)75-52-55-79-76-21-11-15-25-84(76)94(4,5)87(79)60-75/h8-42,44,46-52,54-55,57-60,92H,43,45,53,56,99H2,1-7H3. The van der Waals surface area contributed by atoms with E-state index >= 15 is 0 Å². The summed E-state index contributed by atoms with van der Waals surface area (Å²) in [4.78, 5) is 2.42. The number of hydrogen-bond donors (Lipinski definition) is 0. The number of fused-ring (bicyclic) bond motifs is 15. The van der Waals surface area contributed by atoms with Crippen molar-refractivity contribution in [2.45, 2.75) is 96.1 Å². The Bertz CT molecular complexity index is 5470. The molecular weight excluding hydrogens is 1210 g/mol. The first-order chi connectivity index (χ1) is 48.1. The Kier molecular flexibility index (Phi) is 14.2. The first kappa shape index (κ1) is 61.0. The molecule has 18 rings (SSSR count). The number of allylic oxidation sites excluding steroid dienone is 5. The molecule has 3 atom stereocenters. The van der Waals surface area contributed by atoms with Crippen molar-refractivity contribution < 1.29 is 0 Å². The molecule has 0 amide bonds. The van der Waals surface area contributed by atoms with E-state index in [9.17, 15) is 0 Å². The topological polar surface area (TPSA) is 8.17 Å². The molecule has 0 saturated heterocycles. The maximum Gasteiger partial charge on any atom is 0.0722 e. The summed E-state index contributed by atoms with van der Waals surface area (Å²) in [5.74, 6) is 0.388. The molecule has 3 heteroatoms. The Labute approximate surface area is 586 Å². The van der Waals surface area contributed by atoms with Crippen LogP contribution in [0, 0.1) is 5.41 Å². The van der Waals surface area contributed by atoms with Crippen molar-refractivity contribution in [3.05, 3.63) is 358 Å². The first-order valence-corrected chi connectivity index (χ1v) is 36.2. The third-order valence-corrected chi connectivity index (χ3v) is 23.1. The summed E-state index contributed by atoms with van der Waals surface area (Å²) in [5.41, 5.74) is 38.9. The highest BCUT2D eigenvalue weighted by molar-refractivity contribution is 7.19. The molecule has 0 radical (unpaired) electrons. The van der Waals surface area contributed by atoms with Crippen molar-refractivity contribution in [3.63, 3.8) is 0 Å². The number of rotatable bonds is 11. The van der Waals surface area contributed by atoms with Gasteiger partial charge in [-0.2, -0.15) is 0 Å². The zero-order chi connectivity index (χ0) is 67.1. The van der Waals surface area contributed by atoms with Crippen molar-refractivity contribution in [2.75, 3.05) is 4.90 Å². The van der Waals surface area contributed by atoms with Gasteiger partial charge < -0.3 is 9.47 Å². The van der Waals surface area contributed by atoms with Crippen LogP contribution in [0.25, 0.3) is 95.0 Å². The van der Waals surface area contributed by atoms with Crippen LogP contribution in [0.5, 0.6) is 0 Å². The predicted octanol–water partition coefficient (Wildman–Crippen LogP) is 25.6. The van der Waals surface area contributed by atoms with Crippen LogP contribution in [0.15, 0.2) is 297 Å². The summed E-state index contributed by atoms with van der Waals surface area (Å²) in [5, 5.41) is 1.35. The van der Waals surface area contributed by atoms with Crippen molar-refractivity contribution in [1.82, 2.24) is 4.57 Å². The van der Waals surface area contributed by atoms with Gasteiger partial charge in [0.25, 0.3) is 0 Å². The van der Waals surface area contributed by atoms with Crippen molar-refractivity contribution >= 4 is 60.0 Å². The van der Waals surface area contributed by atoms with Gasteiger partial charge in [0, 0.05) is 44.8 Å². The van der Waals surface area contributed by atoms with Gasteiger partial charge in [-0.1, -0.05) is 279 Å². The molecular formula is C96H81N2P. The van der Waals surface area contributed by atoms with E-state index in [1.54, 1.807) is 0 Å². The van der Waals surface area contributed by atoms with Gasteiger partial charge in [-0.25, -0.2) is 0 Å². The summed E-state index contributed by atoms with van der Waals surface area (Å²) in [6.45, 7) is 16.5. The molecule has 0 bridgehead atoms. The van der Waals surface area contributed by atoms with Crippen LogP contribution >= 0.6 is 9.24 Å². The second-order valence-electron chi connectivity index (χ2n) is 30.6. The molecule has 480 valence electrons. The monoisotopic (exact) mass is 1290 g/mol. The van der Waals surface area contributed by atoms with E-state index in [0.29, 0.717) is 5.92 Å². The van der Waals surface area contributed by atoms with E-state index < -0.39 is 5.41 Å². The molecule has 5 aliphatic carbocycles. The zero-order valence-electron chi connectivity index (χ0n) is 57.7. The van der Waals surface area contributed by atoms with Gasteiger partial charge in [-0.3, -0.25) is 0 Å². The van der Waals surface area contributed by atoms with Crippen molar-refractivity contribution in [1.29, 1.82) is 0 Å². The average molecular weight is 1290 g/mol. The van der Waals surface area contributed by atoms with Gasteiger partial charge in [0.15, 0.2) is 0 Å². The molecule has 1 aromatic heterocycles. The molecule has 2 nitrogen and oxygen atoms in total. The van der Waals surface area contributed by atoms with E-state index in [1.807, 2.05) is 0 Å². The molecule has 99 heavy (non-hydrogen) atoms. The first-order valence-electron chi connectivity index (χ1n) is 35.6. The van der Waals surface area contributed by atoms with E-state index in [0.717, 1.165) is 42.7 Å². The number of para-hydroxylation sites is 1. The summed E-state index contributed by atoms with van der Waals surface area (Å²) in [7, 11) is 3.14. The second kappa shape index (κ2) is 23.1. The van der Waals surface area contributed by atoms with Gasteiger partial charge in [-0.15, -0.1) is 9.24 Å². The number of nitrogens with zero attached hydrogens (tertiary/aromatic N) is 2. The molecule has 13 aromatic rings. The van der Waals surface area contributed by atoms with Crippen LogP contribution in [0.1, 0.15) is 135 Å². The summed E-state index contributed by atoms with van der Waals surface area (Å²) >= 11 is 0. The lowest BCUT2D eigenvalue weighted by Gasteiger charge is -2.41. The Balaban J connectivity index is 0.635. The third kappa shape index (κ3) is 9.83. The number of anilines is 3. The fourth-order valence-corrected chi connectivity index (χ4v) is 19.4. The lowest BCUT2D eigenvalue weighted by molar-refractivity contribution is 0.277. The van der Waals surface area contributed by atoms with Gasteiger partial charge in [0.1, 0.15) is 0 Å². The Morgan fingerprint density at radius 2 is 0.848 bits per heavy atom. The molecule has 1 spiro atoms. The highest BCUT2D eigenvalue weighted by Crippen LogP contribution is 2.65. The van der Waals surface area contributed by atoms with Gasteiger partial charge in [-0.05, 0) is 237 Å². The Hall–Kier alpha value is -10.4. The molecule has 0 fully saturated rings. The summed E-state index contributed by atoms with van der Waals surface area (Å²) < 4.78 is 2.52. The number of hydrogen-bond acceptors (Lipinski definition) is 1. The van der Waals surface area contributed by atoms with E-state index in [-0.39, 0.29) is 16.0 Å². The SMILES string of the molecule is CC1(C)c2ccccc2-c2ccc(N(c3ccc(-c4ccccc4)cc3)c3ccc(-c4ccc(-n5c6c(c7ccccc75)C=C(c5ccc(C7=CC8=C(CC7)c7ccccc7C87c8ccccc8-c8ccc(-c9ccc(C(C(C)(C)C)C(C)(C)P)cc9)cc87)cc5)CC6)cc4)cc3)cc21. The maximum absolute atomic E-state index is 3.14. The van der Waals surface area contributed by atoms with E-state index in [2.05, 4.69) is 364 Å². The second-order valence-corrected chi connectivity index (χ2v) is 32.1. The zero-order valence-corrected chi connectivity index (χ0v) is 58.8. The third-order valence-electron chi connectivity index (χ3n) is 22.8. The van der Waals surface area contributed by atoms with Crippen molar-refractivity contribution in [3.8, 4) is 61.3 Å². The van der Waals surface area contributed by atoms with Gasteiger partial charge in [0.05, 0.1) is 10.9 Å². The fourth-order valence-electron chi connectivity index (χ4n) is 18.7. The lowest BCUT2D eigenvalue weighted by atomic mass is 9.68. The number of aromatic nitrogens is 1. The largest absolute Gasteiger partial charge is 0.313 e. The lowest BCUT2D eigenvalue weighted by Crippen LogP contribution is -2.32. The van der Waals surface area contributed by atoms with Gasteiger partial charge in [0.2, 0.25) is 0 Å². The van der Waals surface area contributed by atoms with Crippen molar-refractivity contribution in [2.24, 2.45) is 5.41 Å². The normalized spacial score (nSPS) is 16.5. The fraction of sp³-hybridized carbons (Fsp3) is 0.167. The van der Waals surface area contributed by atoms with Crippen LogP contribution in [-0.4, -0.2) is 9.72 Å². The van der Waals surface area contributed by atoms with E-state index in [4.69, 9.17) is 0 Å². The molecule has 1 heterocycles. The Morgan fingerprint density at radius 3 is 1.49 bits per heavy atom. The summed E-state index contributed by atoms with van der Waals surface area (Å²) in [6, 6.07) is 108. The maximum atomic E-state index is 3.14. The molecule has 5 aliphatic rings. The molecule has 0 N–H and O–H groups in total. The number of benzene rings is 12.